The van der Waals surface area contributed by atoms with Crippen molar-refractivity contribution in [1.29, 1.82) is 0 Å². The van der Waals surface area contributed by atoms with Crippen LogP contribution in [-0.4, -0.2) is 11.9 Å². The zero-order valence-corrected chi connectivity index (χ0v) is 10.8. The smallest absolute Gasteiger partial charge is 0.255 e. The van der Waals surface area contributed by atoms with E-state index in [9.17, 15) is 9.18 Å². The highest BCUT2D eigenvalue weighted by molar-refractivity contribution is 5.97. The summed E-state index contributed by atoms with van der Waals surface area (Å²) in [5.74, 6) is -0.794. The first-order valence-electron chi connectivity index (χ1n) is 6.55. The third-order valence-corrected chi connectivity index (χ3v) is 3.40. The first-order chi connectivity index (χ1) is 9.74. The maximum absolute atomic E-state index is 13.6. The Morgan fingerprint density at radius 3 is 2.70 bits per heavy atom. The van der Waals surface area contributed by atoms with Gasteiger partial charge in [-0.05, 0) is 23.6 Å². The molecule has 0 aromatic heterocycles. The van der Waals surface area contributed by atoms with E-state index in [1.165, 1.54) is 6.07 Å². The normalized spacial score (nSPS) is 17.9. The summed E-state index contributed by atoms with van der Waals surface area (Å²) in [5, 5.41) is 2.82. The molecule has 0 aliphatic carbocycles. The van der Waals surface area contributed by atoms with Crippen LogP contribution < -0.4 is 5.32 Å². The second-order valence-corrected chi connectivity index (χ2v) is 4.83. The summed E-state index contributed by atoms with van der Waals surface area (Å²) < 4.78 is 13.6. The first kappa shape index (κ1) is 12.6. The number of amides is 1. The van der Waals surface area contributed by atoms with E-state index in [0.29, 0.717) is 6.42 Å². The zero-order valence-electron chi connectivity index (χ0n) is 10.8. The molecule has 1 aliphatic rings. The average molecular weight is 267 g/mol. The maximum atomic E-state index is 13.6. The van der Waals surface area contributed by atoms with Crippen LogP contribution in [0, 0.1) is 5.82 Å². The molecule has 0 saturated carbocycles. The second-order valence-electron chi connectivity index (χ2n) is 4.83. The molecule has 0 radical (unpaired) electrons. The van der Waals surface area contributed by atoms with E-state index in [1.54, 1.807) is 12.1 Å². The van der Waals surface area contributed by atoms with Crippen molar-refractivity contribution in [1.82, 2.24) is 5.32 Å². The summed E-state index contributed by atoms with van der Waals surface area (Å²) in [6.07, 6.45) is 4.53. The Morgan fingerprint density at radius 2 is 1.90 bits per heavy atom. The van der Waals surface area contributed by atoms with Crippen molar-refractivity contribution in [3.05, 3.63) is 77.1 Å². The summed E-state index contributed by atoms with van der Waals surface area (Å²) in [6.45, 7) is 0. The van der Waals surface area contributed by atoms with Gasteiger partial charge in [-0.25, -0.2) is 4.39 Å². The highest BCUT2D eigenvalue weighted by Crippen LogP contribution is 2.20. The molecular formula is C17H14FNO. The van der Waals surface area contributed by atoms with E-state index < -0.39 is 5.82 Å². The number of nitrogens with one attached hydrogen (secondary N) is 1. The van der Waals surface area contributed by atoms with Crippen LogP contribution in [0.3, 0.4) is 0 Å². The van der Waals surface area contributed by atoms with Gasteiger partial charge in [0.25, 0.3) is 5.91 Å². The monoisotopic (exact) mass is 267 g/mol. The minimum Gasteiger partial charge on any atom is -0.345 e. The molecule has 1 atom stereocenters. The molecule has 0 bridgehead atoms. The molecule has 1 amide bonds. The summed E-state index contributed by atoms with van der Waals surface area (Å²) >= 11 is 0. The standard InChI is InChI=1S/C17H14FNO/c18-15-8-4-7-13-11-14(19-17(20)16(13)15)10-9-12-5-2-1-3-6-12/h1-10,14H,11H2,(H,19,20)/b10-9+/t14-/m0/s1. The van der Waals surface area contributed by atoms with Crippen LogP contribution >= 0.6 is 0 Å². The lowest BCUT2D eigenvalue weighted by Crippen LogP contribution is -2.40. The number of carbonyl (C=O) groups is 1. The van der Waals surface area contributed by atoms with Gasteiger partial charge in [0.1, 0.15) is 5.82 Å². The molecule has 100 valence electrons. The van der Waals surface area contributed by atoms with Crippen molar-refractivity contribution in [2.45, 2.75) is 12.5 Å². The van der Waals surface area contributed by atoms with E-state index in [0.717, 1.165) is 11.1 Å². The number of halogens is 1. The van der Waals surface area contributed by atoms with Gasteiger partial charge in [-0.15, -0.1) is 0 Å². The number of rotatable bonds is 2. The lowest BCUT2D eigenvalue weighted by Gasteiger charge is -2.23. The topological polar surface area (TPSA) is 29.1 Å². The minimum absolute atomic E-state index is 0.1000. The van der Waals surface area contributed by atoms with Gasteiger partial charge in [0.05, 0.1) is 11.6 Å². The van der Waals surface area contributed by atoms with Gasteiger partial charge in [0.2, 0.25) is 0 Å². The van der Waals surface area contributed by atoms with E-state index in [-0.39, 0.29) is 17.5 Å². The second kappa shape index (κ2) is 5.29. The maximum Gasteiger partial charge on any atom is 0.255 e. The summed E-state index contributed by atoms with van der Waals surface area (Å²) in [5.41, 5.74) is 2.01. The van der Waals surface area contributed by atoms with Gasteiger partial charge in [-0.1, -0.05) is 54.6 Å². The Labute approximate surface area is 116 Å². The molecule has 3 rings (SSSR count). The molecule has 0 spiro atoms. The fourth-order valence-electron chi connectivity index (χ4n) is 2.43. The summed E-state index contributed by atoms with van der Waals surface area (Å²) in [6, 6.07) is 14.5. The lowest BCUT2D eigenvalue weighted by atomic mass is 9.94. The first-order valence-corrected chi connectivity index (χ1v) is 6.55. The highest BCUT2D eigenvalue weighted by Gasteiger charge is 2.25. The van der Waals surface area contributed by atoms with Gasteiger partial charge in [0, 0.05) is 0 Å². The van der Waals surface area contributed by atoms with E-state index in [1.807, 2.05) is 42.5 Å². The Hall–Kier alpha value is -2.42. The van der Waals surface area contributed by atoms with Crippen molar-refractivity contribution in [3.63, 3.8) is 0 Å². The zero-order chi connectivity index (χ0) is 13.9. The van der Waals surface area contributed by atoms with Gasteiger partial charge in [-0.2, -0.15) is 0 Å². The quantitative estimate of drug-likeness (QED) is 0.889. The largest absolute Gasteiger partial charge is 0.345 e. The fourth-order valence-corrected chi connectivity index (χ4v) is 2.43. The molecule has 1 aliphatic heterocycles. The van der Waals surface area contributed by atoms with Crippen molar-refractivity contribution < 1.29 is 9.18 Å². The van der Waals surface area contributed by atoms with Gasteiger partial charge < -0.3 is 5.32 Å². The van der Waals surface area contributed by atoms with Crippen LogP contribution in [0.1, 0.15) is 21.5 Å². The number of hydrogen-bond acceptors (Lipinski definition) is 1. The molecule has 2 nitrogen and oxygen atoms in total. The Balaban J connectivity index is 1.82. The molecule has 0 unspecified atom stereocenters. The lowest BCUT2D eigenvalue weighted by molar-refractivity contribution is 0.0930. The molecule has 3 heteroatoms. The van der Waals surface area contributed by atoms with Crippen LogP contribution in [0.5, 0.6) is 0 Å². The van der Waals surface area contributed by atoms with Crippen molar-refractivity contribution >= 4 is 12.0 Å². The molecule has 0 saturated heterocycles. The van der Waals surface area contributed by atoms with Gasteiger partial charge >= 0.3 is 0 Å². The van der Waals surface area contributed by atoms with Crippen LogP contribution in [0.4, 0.5) is 4.39 Å². The number of hydrogen-bond donors (Lipinski definition) is 1. The van der Waals surface area contributed by atoms with Gasteiger partial charge in [0.15, 0.2) is 0 Å². The van der Waals surface area contributed by atoms with Crippen LogP contribution in [-0.2, 0) is 6.42 Å². The third kappa shape index (κ3) is 2.48. The summed E-state index contributed by atoms with van der Waals surface area (Å²) in [7, 11) is 0. The molecule has 0 fully saturated rings. The Bertz CT molecular complexity index is 664. The van der Waals surface area contributed by atoms with Crippen molar-refractivity contribution in [2.75, 3.05) is 0 Å². The number of fused-ring (bicyclic) bond motifs is 1. The molecular weight excluding hydrogens is 253 g/mol. The van der Waals surface area contributed by atoms with E-state index >= 15 is 0 Å². The summed E-state index contributed by atoms with van der Waals surface area (Å²) in [4.78, 5) is 11.9. The van der Waals surface area contributed by atoms with Crippen LogP contribution in [0.2, 0.25) is 0 Å². The third-order valence-electron chi connectivity index (χ3n) is 3.40. The number of benzene rings is 2. The van der Waals surface area contributed by atoms with Crippen molar-refractivity contribution in [3.8, 4) is 0 Å². The van der Waals surface area contributed by atoms with Crippen LogP contribution in [0.15, 0.2) is 54.6 Å². The SMILES string of the molecule is O=C1N[C@@H](/C=C/c2ccccc2)Cc2cccc(F)c21. The predicted molar refractivity (Wildman–Crippen MR) is 76.8 cm³/mol. The molecule has 1 N–H and O–H groups in total. The Kier molecular flexibility index (Phi) is 3.33. The molecule has 1 heterocycles. The van der Waals surface area contributed by atoms with Crippen molar-refractivity contribution in [2.24, 2.45) is 0 Å². The number of carbonyl (C=O) groups excluding carboxylic acids is 1. The average Bonchev–Trinajstić information content (AvgIpc) is 2.46. The van der Waals surface area contributed by atoms with E-state index in [2.05, 4.69) is 5.32 Å². The van der Waals surface area contributed by atoms with E-state index in [4.69, 9.17) is 0 Å². The van der Waals surface area contributed by atoms with Crippen LogP contribution in [0.25, 0.3) is 6.08 Å². The highest BCUT2D eigenvalue weighted by atomic mass is 19.1. The predicted octanol–water partition coefficient (Wildman–Crippen LogP) is 3.19. The molecule has 20 heavy (non-hydrogen) atoms. The van der Waals surface area contributed by atoms with Gasteiger partial charge in [-0.3, -0.25) is 4.79 Å². The fraction of sp³-hybridized carbons (Fsp3) is 0.118. The molecule has 2 aromatic carbocycles. The minimum atomic E-state index is -0.453. The molecule has 2 aromatic rings. The Morgan fingerprint density at radius 1 is 1.10 bits per heavy atom.